The zero-order chi connectivity index (χ0) is 14.7. The molecule has 0 fully saturated rings. The summed E-state index contributed by atoms with van der Waals surface area (Å²) in [5, 5.41) is 11.5. The predicted octanol–water partition coefficient (Wildman–Crippen LogP) is 2.44. The Kier molecular flexibility index (Phi) is 3.94. The van der Waals surface area contributed by atoms with E-state index in [1.807, 2.05) is 45.8 Å². The molecule has 7 heteroatoms. The number of nitrogens with one attached hydrogen (secondary N) is 1. The third-order valence-corrected chi connectivity index (χ3v) is 3.45. The number of H-pyrrole nitrogens is 1. The lowest BCUT2D eigenvalue weighted by Gasteiger charge is -2.04. The van der Waals surface area contributed by atoms with Crippen LogP contribution in [0.1, 0.15) is 0 Å². The van der Waals surface area contributed by atoms with Gasteiger partial charge in [0.15, 0.2) is 10.6 Å². The van der Waals surface area contributed by atoms with Crippen molar-refractivity contribution in [2.24, 2.45) is 0 Å². The van der Waals surface area contributed by atoms with E-state index >= 15 is 0 Å². The minimum Gasteiger partial charge on any atom is -0.383 e. The van der Waals surface area contributed by atoms with E-state index in [2.05, 4.69) is 15.3 Å². The van der Waals surface area contributed by atoms with Crippen LogP contribution in [0.15, 0.2) is 42.7 Å². The van der Waals surface area contributed by atoms with E-state index < -0.39 is 0 Å². The smallest absolute Gasteiger partial charge is 0.195 e. The minimum absolute atomic E-state index is 0.577. The molecule has 0 aliphatic heterocycles. The van der Waals surface area contributed by atoms with Gasteiger partial charge in [-0.15, -0.1) is 0 Å². The molecule has 0 amide bonds. The van der Waals surface area contributed by atoms with Gasteiger partial charge < -0.3 is 4.74 Å². The number of aromatic amines is 1. The van der Waals surface area contributed by atoms with Crippen LogP contribution in [0, 0.1) is 4.77 Å². The van der Waals surface area contributed by atoms with Gasteiger partial charge in [-0.3, -0.25) is 9.67 Å². The molecular weight excluding hydrogens is 286 g/mol. The fourth-order valence-electron chi connectivity index (χ4n) is 2.09. The van der Waals surface area contributed by atoms with Crippen LogP contribution in [-0.4, -0.2) is 38.3 Å². The molecule has 1 N–H and O–H groups in total. The average Bonchev–Trinajstić information content (AvgIpc) is 3.13. The Morgan fingerprint density at radius 1 is 1.29 bits per heavy atom. The molecule has 2 heterocycles. The van der Waals surface area contributed by atoms with Crippen LogP contribution in [-0.2, 0) is 11.3 Å². The van der Waals surface area contributed by atoms with E-state index in [1.54, 1.807) is 13.3 Å². The zero-order valence-electron chi connectivity index (χ0n) is 11.6. The van der Waals surface area contributed by atoms with E-state index in [0.717, 1.165) is 17.1 Å². The average molecular weight is 301 g/mol. The molecule has 108 valence electrons. The predicted molar refractivity (Wildman–Crippen MR) is 81.8 cm³/mol. The summed E-state index contributed by atoms with van der Waals surface area (Å²) in [5.41, 5.74) is 1.91. The van der Waals surface area contributed by atoms with Crippen molar-refractivity contribution in [1.29, 1.82) is 0 Å². The third-order valence-electron chi connectivity index (χ3n) is 3.14. The zero-order valence-corrected chi connectivity index (χ0v) is 12.4. The summed E-state index contributed by atoms with van der Waals surface area (Å²) in [4.78, 5) is 0. The molecule has 3 rings (SSSR count). The lowest BCUT2D eigenvalue weighted by Crippen LogP contribution is -2.05. The summed E-state index contributed by atoms with van der Waals surface area (Å²) in [6.45, 7) is 1.23. The summed E-state index contributed by atoms with van der Waals surface area (Å²) in [5.74, 6) is 0.763. The van der Waals surface area contributed by atoms with Crippen LogP contribution >= 0.6 is 12.2 Å². The normalized spacial score (nSPS) is 10.9. The Morgan fingerprint density at radius 2 is 2.10 bits per heavy atom. The summed E-state index contributed by atoms with van der Waals surface area (Å²) in [6, 6.07) is 9.93. The van der Waals surface area contributed by atoms with E-state index in [-0.39, 0.29) is 0 Å². The quantitative estimate of drug-likeness (QED) is 0.735. The second kappa shape index (κ2) is 6.02. The van der Waals surface area contributed by atoms with Gasteiger partial charge in [0.05, 0.1) is 30.6 Å². The van der Waals surface area contributed by atoms with Gasteiger partial charge in [0.2, 0.25) is 0 Å². The summed E-state index contributed by atoms with van der Waals surface area (Å²) in [6.07, 6.45) is 3.71. The second-order valence-corrected chi connectivity index (χ2v) is 4.89. The van der Waals surface area contributed by atoms with Crippen molar-refractivity contribution in [3.8, 4) is 17.1 Å². The standard InChI is InChI=1S/C14H15N5OS/c1-20-8-7-18-13(16-17-14(18)21)11-9-15-19(10-11)12-5-3-2-4-6-12/h2-6,9-10H,7-8H2,1H3,(H,17,21). The maximum atomic E-state index is 5.25. The van der Waals surface area contributed by atoms with E-state index in [9.17, 15) is 0 Å². The highest BCUT2D eigenvalue weighted by Crippen LogP contribution is 2.18. The van der Waals surface area contributed by atoms with Crippen LogP contribution in [0.25, 0.3) is 17.1 Å². The monoisotopic (exact) mass is 301 g/mol. The van der Waals surface area contributed by atoms with Crippen molar-refractivity contribution in [3.63, 3.8) is 0 Å². The number of ether oxygens (including phenoxy) is 1. The topological polar surface area (TPSA) is 60.7 Å². The second-order valence-electron chi connectivity index (χ2n) is 4.51. The van der Waals surface area contributed by atoms with Crippen molar-refractivity contribution >= 4 is 12.2 Å². The SMILES string of the molecule is COCCn1c(-c2cnn(-c3ccccc3)c2)n[nH]c1=S. The molecule has 6 nitrogen and oxygen atoms in total. The first-order chi connectivity index (χ1) is 10.3. The number of hydrogen-bond donors (Lipinski definition) is 1. The maximum absolute atomic E-state index is 5.25. The van der Waals surface area contributed by atoms with E-state index in [4.69, 9.17) is 17.0 Å². The number of benzene rings is 1. The van der Waals surface area contributed by atoms with Crippen molar-refractivity contribution in [3.05, 3.63) is 47.5 Å². The molecule has 0 bridgehead atoms. The number of methoxy groups -OCH3 is 1. The fourth-order valence-corrected chi connectivity index (χ4v) is 2.31. The van der Waals surface area contributed by atoms with Gasteiger partial charge >= 0.3 is 0 Å². The molecule has 21 heavy (non-hydrogen) atoms. The van der Waals surface area contributed by atoms with Gasteiger partial charge in [-0.25, -0.2) is 4.68 Å². The van der Waals surface area contributed by atoms with Gasteiger partial charge in [0.1, 0.15) is 0 Å². The lowest BCUT2D eigenvalue weighted by molar-refractivity contribution is 0.187. The highest BCUT2D eigenvalue weighted by Gasteiger charge is 2.11. The molecule has 0 atom stereocenters. The minimum atomic E-state index is 0.577. The first-order valence-corrected chi connectivity index (χ1v) is 6.95. The molecule has 2 aromatic heterocycles. The Morgan fingerprint density at radius 3 is 2.86 bits per heavy atom. The van der Waals surface area contributed by atoms with E-state index in [0.29, 0.717) is 17.9 Å². The first kappa shape index (κ1) is 13.7. The van der Waals surface area contributed by atoms with E-state index in [1.165, 1.54) is 0 Å². The lowest BCUT2D eigenvalue weighted by atomic mass is 10.3. The first-order valence-electron chi connectivity index (χ1n) is 6.54. The van der Waals surface area contributed by atoms with Crippen molar-refractivity contribution in [2.75, 3.05) is 13.7 Å². The van der Waals surface area contributed by atoms with Crippen LogP contribution in [0.5, 0.6) is 0 Å². The third kappa shape index (κ3) is 2.79. The fraction of sp³-hybridized carbons (Fsp3) is 0.214. The number of hydrogen-bond acceptors (Lipinski definition) is 4. The summed E-state index contributed by atoms with van der Waals surface area (Å²) < 4.78 is 9.41. The molecule has 0 saturated carbocycles. The molecule has 0 aliphatic carbocycles. The van der Waals surface area contributed by atoms with Crippen molar-refractivity contribution < 1.29 is 4.74 Å². The molecule has 0 unspecified atom stereocenters. The molecular formula is C14H15N5OS. The van der Waals surface area contributed by atoms with Crippen LogP contribution in [0.4, 0.5) is 0 Å². The molecule has 0 saturated heterocycles. The van der Waals surface area contributed by atoms with Crippen LogP contribution in [0.2, 0.25) is 0 Å². The molecule has 0 spiro atoms. The number of para-hydroxylation sites is 1. The summed E-state index contributed by atoms with van der Waals surface area (Å²) in [7, 11) is 1.66. The van der Waals surface area contributed by atoms with Gasteiger partial charge in [0.25, 0.3) is 0 Å². The van der Waals surface area contributed by atoms with Gasteiger partial charge in [-0.1, -0.05) is 18.2 Å². The van der Waals surface area contributed by atoms with Crippen LogP contribution in [0.3, 0.4) is 0 Å². The van der Waals surface area contributed by atoms with Gasteiger partial charge in [-0.2, -0.15) is 10.2 Å². The molecule has 3 aromatic rings. The number of aromatic nitrogens is 5. The maximum Gasteiger partial charge on any atom is 0.195 e. The highest BCUT2D eigenvalue weighted by atomic mass is 32.1. The van der Waals surface area contributed by atoms with Crippen molar-refractivity contribution in [2.45, 2.75) is 6.54 Å². The highest BCUT2D eigenvalue weighted by molar-refractivity contribution is 7.71. The molecule has 1 aromatic carbocycles. The molecule has 0 radical (unpaired) electrons. The largest absolute Gasteiger partial charge is 0.383 e. The number of rotatable bonds is 5. The Hall–Kier alpha value is -2.25. The number of nitrogens with zero attached hydrogens (tertiary/aromatic N) is 4. The Bertz CT molecular complexity index is 774. The Labute approximate surface area is 127 Å². The summed E-state index contributed by atoms with van der Waals surface area (Å²) >= 11 is 5.25. The van der Waals surface area contributed by atoms with Crippen LogP contribution < -0.4 is 0 Å². The van der Waals surface area contributed by atoms with Gasteiger partial charge in [0, 0.05) is 13.3 Å². The van der Waals surface area contributed by atoms with Gasteiger partial charge in [-0.05, 0) is 24.4 Å². The van der Waals surface area contributed by atoms with Crippen molar-refractivity contribution in [1.82, 2.24) is 24.5 Å². The molecule has 0 aliphatic rings. The Balaban J connectivity index is 1.95.